The molecule has 0 aromatic carbocycles. The van der Waals surface area contributed by atoms with Crippen LogP contribution in [0.4, 0.5) is 0 Å². The highest BCUT2D eigenvalue weighted by Crippen LogP contribution is 1.91. The molecule has 1 unspecified atom stereocenters. The summed E-state index contributed by atoms with van der Waals surface area (Å²) in [5.41, 5.74) is 0. The van der Waals surface area contributed by atoms with Gasteiger partial charge < -0.3 is 0 Å². The third-order valence-corrected chi connectivity index (χ3v) is 1.78. The van der Waals surface area contributed by atoms with E-state index in [1.807, 2.05) is 0 Å². The number of hydrogen-bond acceptors (Lipinski definition) is 1. The molecule has 0 heterocycles. The molecule has 0 saturated carbocycles. The smallest absolute Gasteiger partial charge is 0.147 e. The second-order valence-electron chi connectivity index (χ2n) is 0.583. The fraction of sp³-hybridized carbons (Fsp3) is 1.00. The quantitative estimate of drug-likeness (QED) is 0.524. The summed E-state index contributed by atoms with van der Waals surface area (Å²) < 4.78 is 9.53. The molecule has 46 valence electrons. The maximum Gasteiger partial charge on any atom is 0.325 e. The summed E-state index contributed by atoms with van der Waals surface area (Å²) in [6.07, 6.45) is 0.778. The third-order valence-electron chi connectivity index (χ3n) is 0.197. The van der Waals surface area contributed by atoms with Gasteiger partial charge in [-0.1, -0.05) is 20.5 Å². The molecule has 0 amide bonds. The van der Waals surface area contributed by atoms with Crippen molar-refractivity contribution in [2.45, 2.75) is 0 Å². The predicted molar refractivity (Wildman–Crippen MR) is 42.2 cm³/mol. The normalized spacial score (nSPS) is 6.43. The van der Waals surface area contributed by atoms with Crippen LogP contribution < -0.4 is 0 Å². The Labute approximate surface area is 65.4 Å². The lowest BCUT2D eigenvalue weighted by Gasteiger charge is -1.56. The highest BCUT2D eigenvalue weighted by atomic mass is 79.9. The van der Waals surface area contributed by atoms with Crippen LogP contribution >= 0.6 is 49.2 Å². The van der Waals surface area contributed by atoms with Crippen LogP contribution in [0.1, 0.15) is 0 Å². The zero-order valence-corrected chi connectivity index (χ0v) is 7.74. The van der Waals surface area contributed by atoms with Gasteiger partial charge in [-0.25, -0.2) is 0 Å². The minimum Gasteiger partial charge on any atom is -0.147 e. The van der Waals surface area contributed by atoms with Gasteiger partial charge in [0.2, 0.25) is 0 Å². The van der Waals surface area contributed by atoms with Crippen LogP contribution in [0, 0.1) is 0 Å². The van der Waals surface area contributed by atoms with E-state index in [0.717, 1.165) is 11.5 Å². The SMILES string of the molecule is Cl.Cl.O=[PH+]CCBr. The number of rotatable bonds is 2. The van der Waals surface area contributed by atoms with Crippen molar-refractivity contribution in [3.05, 3.63) is 0 Å². The van der Waals surface area contributed by atoms with Crippen LogP contribution in [0.2, 0.25) is 0 Å². The third kappa shape index (κ3) is 19.1. The first-order valence-electron chi connectivity index (χ1n) is 1.32. The number of halogens is 3. The summed E-state index contributed by atoms with van der Waals surface area (Å²) >= 11 is 3.12. The molecule has 0 aliphatic carbocycles. The molecule has 0 aromatic rings. The van der Waals surface area contributed by atoms with Crippen molar-refractivity contribution in [1.29, 1.82) is 0 Å². The van der Waals surface area contributed by atoms with Crippen molar-refractivity contribution >= 4 is 49.2 Å². The summed E-state index contributed by atoms with van der Waals surface area (Å²) in [7, 11) is -0.139. The highest BCUT2D eigenvalue weighted by molar-refractivity contribution is 9.09. The number of alkyl halides is 1. The Bertz CT molecular complexity index is 36.9. The average molecular weight is 229 g/mol. The van der Waals surface area contributed by atoms with Gasteiger partial charge >= 0.3 is 8.46 Å². The van der Waals surface area contributed by atoms with Gasteiger partial charge in [-0.15, -0.1) is 24.8 Å². The van der Waals surface area contributed by atoms with E-state index in [-0.39, 0.29) is 33.3 Å². The Morgan fingerprint density at radius 2 is 1.86 bits per heavy atom. The first kappa shape index (κ1) is 15.7. The van der Waals surface area contributed by atoms with E-state index in [2.05, 4.69) is 15.9 Å². The highest BCUT2D eigenvalue weighted by Gasteiger charge is 1.80. The lowest BCUT2D eigenvalue weighted by Crippen LogP contribution is -1.64. The molecule has 0 saturated heterocycles. The van der Waals surface area contributed by atoms with Crippen molar-refractivity contribution in [2.75, 3.05) is 11.5 Å². The first-order chi connectivity index (χ1) is 2.41. The van der Waals surface area contributed by atoms with Gasteiger partial charge in [0.05, 0.1) is 0 Å². The van der Waals surface area contributed by atoms with Crippen LogP contribution in [-0.4, -0.2) is 11.5 Å². The Morgan fingerprint density at radius 3 is 1.86 bits per heavy atom. The van der Waals surface area contributed by atoms with Gasteiger partial charge in [0.1, 0.15) is 0 Å². The second-order valence-corrected chi connectivity index (χ2v) is 2.16. The maximum atomic E-state index is 9.53. The van der Waals surface area contributed by atoms with E-state index >= 15 is 0 Å². The van der Waals surface area contributed by atoms with Crippen LogP contribution in [0.3, 0.4) is 0 Å². The second kappa shape index (κ2) is 15.7. The van der Waals surface area contributed by atoms with E-state index in [1.165, 1.54) is 0 Å². The van der Waals surface area contributed by atoms with Gasteiger partial charge in [-0.05, 0) is 0 Å². The van der Waals surface area contributed by atoms with Crippen molar-refractivity contribution in [1.82, 2.24) is 0 Å². The topological polar surface area (TPSA) is 17.1 Å². The molecule has 5 heteroatoms. The van der Waals surface area contributed by atoms with E-state index in [0.29, 0.717) is 0 Å². The molecule has 0 aliphatic heterocycles. The molecule has 0 bridgehead atoms. The van der Waals surface area contributed by atoms with Gasteiger partial charge in [-0.3, -0.25) is 0 Å². The molecular weight excluding hydrogens is 222 g/mol. The molecule has 0 aliphatic rings. The van der Waals surface area contributed by atoms with Gasteiger partial charge in [0.25, 0.3) is 0 Å². The summed E-state index contributed by atoms with van der Waals surface area (Å²) in [6.45, 7) is 0. The minimum absolute atomic E-state index is 0. The van der Waals surface area contributed by atoms with E-state index < -0.39 is 0 Å². The van der Waals surface area contributed by atoms with E-state index in [4.69, 9.17) is 0 Å². The Kier molecular flexibility index (Phi) is 35.2. The summed E-state index contributed by atoms with van der Waals surface area (Å²) in [5.74, 6) is 0. The summed E-state index contributed by atoms with van der Waals surface area (Å²) in [5, 5.41) is 0.856. The van der Waals surface area contributed by atoms with Crippen LogP contribution in [0.5, 0.6) is 0 Å². The molecular formula is C2H7BrCl2OP+. The standard InChI is InChI=1S/C2H4BrOP.2ClH/c3-1-2-5-4;;/h1-2H2;2*1H/p+1. The molecule has 1 atom stereocenters. The van der Waals surface area contributed by atoms with Crippen LogP contribution in [0.25, 0.3) is 0 Å². The molecule has 0 radical (unpaired) electrons. The van der Waals surface area contributed by atoms with Crippen molar-refractivity contribution in [3.63, 3.8) is 0 Å². The Hall–Kier alpha value is 1.16. The lowest BCUT2D eigenvalue weighted by atomic mass is 11.0. The van der Waals surface area contributed by atoms with E-state index in [1.54, 1.807) is 0 Å². The molecule has 7 heavy (non-hydrogen) atoms. The molecule has 0 N–H and O–H groups in total. The maximum absolute atomic E-state index is 9.53. The van der Waals surface area contributed by atoms with Crippen molar-refractivity contribution < 1.29 is 4.57 Å². The zero-order chi connectivity index (χ0) is 4.12. The fourth-order valence-electron chi connectivity index (χ4n) is 0.0386. The van der Waals surface area contributed by atoms with Gasteiger partial charge in [-0.2, -0.15) is 0 Å². The van der Waals surface area contributed by atoms with Gasteiger partial charge in [0.15, 0.2) is 6.16 Å². The first-order valence-corrected chi connectivity index (χ1v) is 3.56. The van der Waals surface area contributed by atoms with E-state index in [9.17, 15) is 4.57 Å². The van der Waals surface area contributed by atoms with Gasteiger partial charge in [0, 0.05) is 5.33 Å². The number of hydrogen-bond donors (Lipinski definition) is 0. The minimum atomic E-state index is -0.139. The summed E-state index contributed by atoms with van der Waals surface area (Å²) in [6, 6.07) is 0. The molecule has 0 fully saturated rings. The monoisotopic (exact) mass is 227 g/mol. The molecule has 0 rings (SSSR count). The lowest BCUT2D eigenvalue weighted by molar-refractivity contribution is 0.599. The largest absolute Gasteiger partial charge is 0.325 e. The Morgan fingerprint density at radius 1 is 1.43 bits per heavy atom. The summed E-state index contributed by atoms with van der Waals surface area (Å²) in [4.78, 5) is 0. The fourth-order valence-corrected chi connectivity index (χ4v) is 0.601. The predicted octanol–water partition coefficient (Wildman–Crippen LogP) is 2.25. The van der Waals surface area contributed by atoms with Crippen molar-refractivity contribution in [2.24, 2.45) is 0 Å². The van der Waals surface area contributed by atoms with Crippen molar-refractivity contribution in [3.8, 4) is 0 Å². The molecule has 1 nitrogen and oxygen atoms in total. The Balaban J connectivity index is -0.0000000800. The molecule has 0 aromatic heterocycles. The molecule has 0 spiro atoms. The van der Waals surface area contributed by atoms with Crippen LogP contribution in [0.15, 0.2) is 0 Å². The van der Waals surface area contributed by atoms with Crippen LogP contribution in [-0.2, 0) is 4.57 Å². The average Bonchev–Trinajstić information content (AvgIpc) is 1.41. The zero-order valence-electron chi connectivity index (χ0n) is 3.52.